The number of amides is 1. The normalized spacial score (nSPS) is 12.2. The van der Waals surface area contributed by atoms with E-state index in [0.717, 1.165) is 22.0 Å². The maximum absolute atomic E-state index is 11.0. The third-order valence-electron chi connectivity index (χ3n) is 3.66. The summed E-state index contributed by atoms with van der Waals surface area (Å²) in [7, 11) is 5.22. The highest BCUT2D eigenvalue weighted by Gasteiger charge is 2.15. The summed E-state index contributed by atoms with van der Waals surface area (Å²) in [6.45, 7) is 0.481. The SMILES string of the molecule is [B]C(=O)NCC(c1ccccc1)c1ccc2[nH]ccc2c1. The first-order chi connectivity index (χ1) is 10.2. The van der Waals surface area contributed by atoms with Crippen LogP contribution >= 0.6 is 0 Å². The molecule has 0 fully saturated rings. The fraction of sp³-hybridized carbons (Fsp3) is 0.118. The van der Waals surface area contributed by atoms with Crippen molar-refractivity contribution < 1.29 is 4.79 Å². The molecule has 3 rings (SSSR count). The Kier molecular flexibility index (Phi) is 3.78. The van der Waals surface area contributed by atoms with Crippen molar-refractivity contribution >= 4 is 24.6 Å². The quantitative estimate of drug-likeness (QED) is 0.705. The molecule has 102 valence electrons. The molecule has 21 heavy (non-hydrogen) atoms. The van der Waals surface area contributed by atoms with Crippen LogP contribution < -0.4 is 5.32 Å². The molecule has 0 aliphatic rings. The number of benzene rings is 2. The molecule has 1 unspecified atom stereocenters. The summed E-state index contributed by atoms with van der Waals surface area (Å²) in [5, 5.41) is 3.88. The molecule has 0 spiro atoms. The molecule has 4 heteroatoms. The number of H-pyrrole nitrogens is 1. The minimum atomic E-state index is -0.501. The molecule has 0 bridgehead atoms. The summed E-state index contributed by atoms with van der Waals surface area (Å²) < 4.78 is 0. The predicted molar refractivity (Wildman–Crippen MR) is 85.7 cm³/mol. The average Bonchev–Trinajstić information content (AvgIpc) is 2.96. The van der Waals surface area contributed by atoms with Crippen LogP contribution in [0.15, 0.2) is 60.8 Å². The number of hydrogen-bond donors (Lipinski definition) is 2. The average molecular weight is 274 g/mol. The van der Waals surface area contributed by atoms with Crippen molar-refractivity contribution in [3.63, 3.8) is 0 Å². The molecule has 0 aliphatic carbocycles. The highest BCUT2D eigenvalue weighted by molar-refractivity contribution is 6.57. The van der Waals surface area contributed by atoms with Gasteiger partial charge in [-0.25, -0.2) is 0 Å². The lowest BCUT2D eigenvalue weighted by atomic mass is 9.90. The predicted octanol–water partition coefficient (Wildman–Crippen LogP) is 3.18. The second kappa shape index (κ2) is 5.88. The zero-order valence-corrected chi connectivity index (χ0v) is 11.5. The van der Waals surface area contributed by atoms with Gasteiger partial charge in [-0.2, -0.15) is 0 Å². The lowest BCUT2D eigenvalue weighted by molar-refractivity contribution is 0.259. The molecule has 0 saturated heterocycles. The van der Waals surface area contributed by atoms with Crippen molar-refractivity contribution in [2.45, 2.75) is 5.92 Å². The van der Waals surface area contributed by atoms with Crippen molar-refractivity contribution in [2.24, 2.45) is 0 Å². The van der Waals surface area contributed by atoms with Gasteiger partial charge in [0.1, 0.15) is 0 Å². The van der Waals surface area contributed by atoms with Gasteiger partial charge in [0, 0.05) is 24.2 Å². The van der Waals surface area contributed by atoms with Crippen LogP contribution in [-0.4, -0.2) is 25.2 Å². The molecule has 3 nitrogen and oxygen atoms in total. The summed E-state index contributed by atoms with van der Waals surface area (Å²) in [5.74, 6) is -0.420. The fourth-order valence-corrected chi connectivity index (χ4v) is 2.60. The lowest BCUT2D eigenvalue weighted by Gasteiger charge is -2.18. The van der Waals surface area contributed by atoms with Gasteiger partial charge in [-0.3, -0.25) is 4.79 Å². The smallest absolute Gasteiger partial charge is 0.200 e. The van der Waals surface area contributed by atoms with E-state index in [0.29, 0.717) is 6.54 Å². The molecule has 1 amide bonds. The van der Waals surface area contributed by atoms with E-state index >= 15 is 0 Å². The van der Waals surface area contributed by atoms with Gasteiger partial charge in [0.15, 0.2) is 13.7 Å². The van der Waals surface area contributed by atoms with Crippen molar-refractivity contribution in [3.05, 3.63) is 71.9 Å². The second-order valence-corrected chi connectivity index (χ2v) is 5.03. The van der Waals surface area contributed by atoms with E-state index in [4.69, 9.17) is 7.85 Å². The Morgan fingerprint density at radius 1 is 1.10 bits per heavy atom. The van der Waals surface area contributed by atoms with Gasteiger partial charge in [-0.15, -0.1) is 0 Å². The van der Waals surface area contributed by atoms with Gasteiger partial charge in [-0.1, -0.05) is 36.4 Å². The highest BCUT2D eigenvalue weighted by Crippen LogP contribution is 2.26. The fourth-order valence-electron chi connectivity index (χ4n) is 2.60. The number of rotatable bonds is 4. The van der Waals surface area contributed by atoms with Crippen LogP contribution in [-0.2, 0) is 0 Å². The third kappa shape index (κ3) is 3.00. The standard InChI is InChI=1S/C17H15BN2O/c18-17(21)20-11-15(12-4-2-1-3-5-12)13-6-7-16-14(10-13)8-9-19-16/h1-10,15,19H,11H2,(H,20,21). The topological polar surface area (TPSA) is 44.9 Å². The van der Waals surface area contributed by atoms with Crippen LogP contribution in [0, 0.1) is 0 Å². The van der Waals surface area contributed by atoms with E-state index in [1.165, 1.54) is 0 Å². The summed E-state index contributed by atoms with van der Waals surface area (Å²) in [5.41, 5.74) is 3.41. The number of aromatic nitrogens is 1. The molecular formula is C17H15BN2O. The van der Waals surface area contributed by atoms with Gasteiger partial charge in [-0.05, 0) is 34.7 Å². The lowest BCUT2D eigenvalue weighted by Crippen LogP contribution is -2.27. The van der Waals surface area contributed by atoms with Gasteiger partial charge in [0.05, 0.1) is 0 Å². The van der Waals surface area contributed by atoms with E-state index in [1.807, 2.05) is 30.5 Å². The molecule has 3 aromatic rings. The van der Waals surface area contributed by atoms with Crippen LogP contribution in [0.5, 0.6) is 0 Å². The first kappa shape index (κ1) is 13.5. The zero-order chi connectivity index (χ0) is 14.7. The Morgan fingerprint density at radius 3 is 2.67 bits per heavy atom. The molecule has 1 aromatic heterocycles. The molecule has 2 N–H and O–H groups in total. The summed E-state index contributed by atoms with van der Waals surface area (Å²) in [4.78, 5) is 14.2. The van der Waals surface area contributed by atoms with E-state index in [-0.39, 0.29) is 5.92 Å². The van der Waals surface area contributed by atoms with Crippen LogP contribution in [0.1, 0.15) is 17.0 Å². The number of hydrogen-bond acceptors (Lipinski definition) is 1. The van der Waals surface area contributed by atoms with Gasteiger partial charge < -0.3 is 10.3 Å². The third-order valence-corrected chi connectivity index (χ3v) is 3.66. The minimum Gasteiger partial charge on any atom is -0.365 e. The number of nitrogens with one attached hydrogen (secondary N) is 2. The largest absolute Gasteiger partial charge is 0.365 e. The summed E-state index contributed by atoms with van der Waals surface area (Å²) in [6.07, 6.45) is 1.92. The number of carbonyl (C=O) groups excluding carboxylic acids is 1. The Labute approximate surface area is 124 Å². The second-order valence-electron chi connectivity index (χ2n) is 5.03. The zero-order valence-electron chi connectivity index (χ0n) is 11.5. The van der Waals surface area contributed by atoms with E-state index in [1.54, 1.807) is 0 Å². The van der Waals surface area contributed by atoms with Crippen LogP contribution in [0.2, 0.25) is 0 Å². The molecule has 0 aliphatic heterocycles. The molecule has 2 radical (unpaired) electrons. The number of fused-ring (bicyclic) bond motifs is 1. The Morgan fingerprint density at radius 2 is 1.90 bits per heavy atom. The van der Waals surface area contributed by atoms with Crippen molar-refractivity contribution in [1.29, 1.82) is 0 Å². The van der Waals surface area contributed by atoms with E-state index in [2.05, 4.69) is 40.6 Å². The molecular weight excluding hydrogens is 259 g/mol. The van der Waals surface area contributed by atoms with Crippen LogP contribution in [0.25, 0.3) is 10.9 Å². The molecule has 1 heterocycles. The first-order valence-corrected chi connectivity index (χ1v) is 6.89. The Hall–Kier alpha value is -2.49. The summed E-state index contributed by atoms with van der Waals surface area (Å²) in [6, 6.07) is 18.4. The van der Waals surface area contributed by atoms with Crippen LogP contribution in [0.3, 0.4) is 0 Å². The Balaban J connectivity index is 1.98. The molecule has 1 atom stereocenters. The van der Waals surface area contributed by atoms with Gasteiger partial charge >= 0.3 is 0 Å². The Bertz CT molecular complexity index is 752. The van der Waals surface area contributed by atoms with Crippen molar-refractivity contribution in [2.75, 3.05) is 6.54 Å². The van der Waals surface area contributed by atoms with E-state index < -0.39 is 5.81 Å². The van der Waals surface area contributed by atoms with Gasteiger partial charge in [0.2, 0.25) is 0 Å². The van der Waals surface area contributed by atoms with Crippen molar-refractivity contribution in [1.82, 2.24) is 10.3 Å². The number of aromatic amines is 1. The molecule has 0 saturated carbocycles. The molecule has 2 aromatic carbocycles. The summed E-state index contributed by atoms with van der Waals surface area (Å²) >= 11 is 0. The monoisotopic (exact) mass is 274 g/mol. The minimum absolute atomic E-state index is 0.0815. The van der Waals surface area contributed by atoms with Gasteiger partial charge in [0.25, 0.3) is 0 Å². The van der Waals surface area contributed by atoms with Crippen molar-refractivity contribution in [3.8, 4) is 0 Å². The highest BCUT2D eigenvalue weighted by atomic mass is 16.1. The number of carbonyl (C=O) groups is 1. The maximum atomic E-state index is 11.0. The van der Waals surface area contributed by atoms with Crippen LogP contribution in [0.4, 0.5) is 4.79 Å². The van der Waals surface area contributed by atoms with E-state index in [9.17, 15) is 4.79 Å². The first-order valence-electron chi connectivity index (χ1n) is 6.89. The maximum Gasteiger partial charge on any atom is 0.200 e.